The molecule has 1 saturated heterocycles. The summed E-state index contributed by atoms with van der Waals surface area (Å²) < 4.78 is 2.30. The van der Waals surface area contributed by atoms with Crippen LogP contribution in [0.1, 0.15) is 24.2 Å². The van der Waals surface area contributed by atoms with Crippen LogP contribution in [0.3, 0.4) is 0 Å². The van der Waals surface area contributed by atoms with Gasteiger partial charge in [0.25, 0.3) is 0 Å². The second-order valence-corrected chi connectivity index (χ2v) is 7.09. The Morgan fingerprint density at radius 3 is 2.95 bits per heavy atom. The molecule has 0 spiro atoms. The summed E-state index contributed by atoms with van der Waals surface area (Å²) in [7, 11) is 0. The first-order chi connectivity index (χ1) is 9.78. The van der Waals surface area contributed by atoms with E-state index >= 15 is 0 Å². The van der Waals surface area contributed by atoms with Crippen LogP contribution in [0.4, 0.5) is 0 Å². The van der Waals surface area contributed by atoms with E-state index < -0.39 is 0 Å². The first-order valence-corrected chi connectivity index (χ1v) is 8.92. The Bertz CT molecular complexity index is 590. The molecule has 1 fully saturated rings. The second-order valence-electron chi connectivity index (χ2n) is 5.49. The molecule has 0 amide bonds. The van der Waals surface area contributed by atoms with Gasteiger partial charge in [-0.05, 0) is 48.8 Å². The second kappa shape index (κ2) is 6.35. The largest absolute Gasteiger partial charge is 0.312 e. The predicted octanol–water partition coefficient (Wildman–Crippen LogP) is 3.66. The maximum absolute atomic E-state index is 5.93. The lowest BCUT2D eigenvalue weighted by Crippen LogP contribution is -2.18. The van der Waals surface area contributed by atoms with E-state index in [4.69, 9.17) is 16.6 Å². The van der Waals surface area contributed by atoms with E-state index in [1.807, 2.05) is 6.20 Å². The van der Waals surface area contributed by atoms with Crippen molar-refractivity contribution < 1.29 is 0 Å². The van der Waals surface area contributed by atoms with Gasteiger partial charge in [0, 0.05) is 25.0 Å². The maximum Gasteiger partial charge on any atom is 0.160 e. The number of nitrogens with zero attached hydrogens (tertiary/aromatic N) is 3. The zero-order valence-corrected chi connectivity index (χ0v) is 13.4. The van der Waals surface area contributed by atoms with Crippen molar-refractivity contribution in [3.05, 3.63) is 23.7 Å². The molecule has 3 heterocycles. The van der Waals surface area contributed by atoms with Crippen LogP contribution in [0.15, 0.2) is 12.3 Å². The number of hydrogen-bond acceptors (Lipinski definition) is 3. The molecule has 1 aliphatic rings. The van der Waals surface area contributed by atoms with Crippen molar-refractivity contribution in [3.63, 3.8) is 0 Å². The van der Waals surface area contributed by atoms with Crippen molar-refractivity contribution in [2.75, 3.05) is 17.4 Å². The molecule has 3 rings (SSSR count). The zero-order valence-electron chi connectivity index (χ0n) is 11.8. The molecular weight excluding hydrogens is 290 g/mol. The number of halogens is 1. The third-order valence-electron chi connectivity index (χ3n) is 3.90. The molecule has 1 aliphatic heterocycles. The summed E-state index contributed by atoms with van der Waals surface area (Å²) in [6.07, 6.45) is 5.35. The lowest BCUT2D eigenvalue weighted by Gasteiger charge is -2.22. The molecule has 20 heavy (non-hydrogen) atoms. The Hall–Kier alpha value is -0.740. The van der Waals surface area contributed by atoms with Crippen LogP contribution in [0.2, 0.25) is 0 Å². The summed E-state index contributed by atoms with van der Waals surface area (Å²) in [6.45, 7) is 3.10. The number of pyridine rings is 1. The van der Waals surface area contributed by atoms with Crippen molar-refractivity contribution in [3.8, 4) is 0 Å². The van der Waals surface area contributed by atoms with Crippen LogP contribution in [0, 0.1) is 12.8 Å². The smallest absolute Gasteiger partial charge is 0.160 e. The molecular formula is C15H20ClN3S. The summed E-state index contributed by atoms with van der Waals surface area (Å²) >= 11 is 8.00. The van der Waals surface area contributed by atoms with Crippen LogP contribution >= 0.6 is 23.4 Å². The van der Waals surface area contributed by atoms with Crippen LogP contribution in [-0.2, 0) is 13.0 Å². The summed E-state index contributed by atoms with van der Waals surface area (Å²) in [5.74, 6) is 5.03. The van der Waals surface area contributed by atoms with Crippen molar-refractivity contribution >= 4 is 34.5 Å². The topological polar surface area (TPSA) is 30.7 Å². The molecule has 0 radical (unpaired) electrons. The number of fused-ring (bicyclic) bond motifs is 1. The van der Waals surface area contributed by atoms with Gasteiger partial charge in [-0.1, -0.05) is 0 Å². The minimum atomic E-state index is 0.614. The number of aryl methyl sites for hydroxylation is 2. The van der Waals surface area contributed by atoms with Crippen LogP contribution in [-0.4, -0.2) is 31.9 Å². The molecule has 5 heteroatoms. The highest BCUT2D eigenvalue weighted by Crippen LogP contribution is 2.26. The Morgan fingerprint density at radius 2 is 2.20 bits per heavy atom. The fraction of sp³-hybridized carbons (Fsp3) is 0.600. The van der Waals surface area contributed by atoms with Gasteiger partial charge in [-0.2, -0.15) is 11.8 Å². The quantitative estimate of drug-likeness (QED) is 0.807. The molecule has 0 saturated carbocycles. The van der Waals surface area contributed by atoms with Crippen molar-refractivity contribution in [2.24, 2.45) is 5.92 Å². The van der Waals surface area contributed by atoms with Crippen molar-refractivity contribution in [1.82, 2.24) is 14.5 Å². The molecule has 0 atom stereocenters. The van der Waals surface area contributed by atoms with Gasteiger partial charge in [0.05, 0.1) is 0 Å². The minimum Gasteiger partial charge on any atom is -0.312 e. The number of aromatic nitrogens is 3. The molecule has 0 N–H and O–H groups in total. The Labute approximate surface area is 129 Å². The third-order valence-corrected chi connectivity index (χ3v) is 5.14. The molecule has 3 nitrogen and oxygen atoms in total. The van der Waals surface area contributed by atoms with E-state index in [9.17, 15) is 0 Å². The highest BCUT2D eigenvalue weighted by Gasteiger charge is 2.18. The molecule has 2 aromatic rings. The lowest BCUT2D eigenvalue weighted by molar-refractivity contribution is 0.414. The minimum absolute atomic E-state index is 0.614. The highest BCUT2D eigenvalue weighted by atomic mass is 35.5. The zero-order chi connectivity index (χ0) is 13.9. The first-order valence-electron chi connectivity index (χ1n) is 7.23. The van der Waals surface area contributed by atoms with Gasteiger partial charge in [0.1, 0.15) is 11.3 Å². The predicted molar refractivity (Wildman–Crippen MR) is 86.7 cm³/mol. The fourth-order valence-electron chi connectivity index (χ4n) is 2.81. The summed E-state index contributed by atoms with van der Waals surface area (Å²) in [5.41, 5.74) is 3.19. The Morgan fingerprint density at radius 1 is 1.40 bits per heavy atom. The van der Waals surface area contributed by atoms with Gasteiger partial charge in [-0.15, -0.1) is 11.6 Å². The number of rotatable bonds is 4. The number of thioether (sulfide) groups is 1. The van der Waals surface area contributed by atoms with E-state index in [1.165, 1.54) is 24.3 Å². The maximum atomic E-state index is 5.93. The first kappa shape index (κ1) is 14.2. The molecule has 108 valence electrons. The van der Waals surface area contributed by atoms with E-state index in [0.29, 0.717) is 5.88 Å². The SMILES string of the molecule is Cc1cnc2c(c1)nc(CCCl)n2CC1CCSCC1. The van der Waals surface area contributed by atoms with E-state index in [0.717, 1.165) is 41.4 Å². The molecule has 0 aromatic carbocycles. The lowest BCUT2D eigenvalue weighted by atomic mass is 10.0. The van der Waals surface area contributed by atoms with Gasteiger partial charge < -0.3 is 4.57 Å². The van der Waals surface area contributed by atoms with E-state index in [1.54, 1.807) is 0 Å². The fourth-order valence-corrected chi connectivity index (χ4v) is 4.19. The summed E-state index contributed by atoms with van der Waals surface area (Å²) in [6, 6.07) is 2.12. The third kappa shape index (κ3) is 2.96. The number of imidazole rings is 1. The van der Waals surface area contributed by atoms with Gasteiger partial charge in [-0.3, -0.25) is 0 Å². The normalized spacial score (nSPS) is 16.9. The monoisotopic (exact) mass is 309 g/mol. The van der Waals surface area contributed by atoms with Crippen LogP contribution < -0.4 is 0 Å². The van der Waals surface area contributed by atoms with Crippen LogP contribution in [0.25, 0.3) is 11.2 Å². The standard InChI is InChI=1S/C15H20ClN3S/c1-11-8-13-15(17-9-11)19(14(18-13)2-5-16)10-12-3-6-20-7-4-12/h8-9,12H,2-7,10H2,1H3. The Balaban J connectivity index is 1.95. The summed E-state index contributed by atoms with van der Waals surface area (Å²) in [5, 5.41) is 0. The van der Waals surface area contributed by atoms with E-state index in [2.05, 4.69) is 34.3 Å². The number of alkyl halides is 1. The van der Waals surface area contributed by atoms with Gasteiger partial charge in [0.15, 0.2) is 5.65 Å². The van der Waals surface area contributed by atoms with Gasteiger partial charge in [0.2, 0.25) is 0 Å². The molecule has 0 bridgehead atoms. The van der Waals surface area contributed by atoms with Crippen molar-refractivity contribution in [1.29, 1.82) is 0 Å². The molecule has 2 aromatic heterocycles. The molecule has 0 aliphatic carbocycles. The molecule has 0 unspecified atom stereocenters. The Kier molecular flexibility index (Phi) is 4.51. The average molecular weight is 310 g/mol. The summed E-state index contributed by atoms with van der Waals surface area (Å²) in [4.78, 5) is 9.34. The average Bonchev–Trinajstić information content (AvgIpc) is 2.77. The van der Waals surface area contributed by atoms with Gasteiger partial charge >= 0.3 is 0 Å². The number of hydrogen-bond donors (Lipinski definition) is 0. The highest BCUT2D eigenvalue weighted by molar-refractivity contribution is 7.99. The van der Waals surface area contributed by atoms with Gasteiger partial charge in [-0.25, -0.2) is 9.97 Å². The van der Waals surface area contributed by atoms with Crippen molar-refractivity contribution in [2.45, 2.75) is 32.7 Å². The van der Waals surface area contributed by atoms with E-state index in [-0.39, 0.29) is 0 Å². The van der Waals surface area contributed by atoms with Crippen LogP contribution in [0.5, 0.6) is 0 Å².